The van der Waals surface area contributed by atoms with Gasteiger partial charge in [0.1, 0.15) is 0 Å². The van der Waals surface area contributed by atoms with E-state index in [0.717, 1.165) is 17.1 Å². The van der Waals surface area contributed by atoms with Gasteiger partial charge >= 0.3 is 5.97 Å². The lowest BCUT2D eigenvalue weighted by molar-refractivity contribution is -0.137. The number of carbonyl (C=O) groups is 1. The first-order chi connectivity index (χ1) is 8.66. The molecule has 1 aliphatic heterocycles. The number of carboxylic acid groups (broad SMARTS) is 1. The molecule has 0 aliphatic carbocycles. The number of hydrogen-bond donors (Lipinski definition) is 2. The molecule has 0 amide bonds. The van der Waals surface area contributed by atoms with Crippen LogP contribution in [-0.4, -0.2) is 24.4 Å². The molecule has 0 bridgehead atoms. The lowest BCUT2D eigenvalue weighted by atomic mass is 10.1. The zero-order chi connectivity index (χ0) is 13.0. The first kappa shape index (κ1) is 12.7. The van der Waals surface area contributed by atoms with Gasteiger partial charge in [-0.1, -0.05) is 6.07 Å². The molecule has 0 radical (unpaired) electrons. The van der Waals surface area contributed by atoms with Crippen molar-refractivity contribution >= 4 is 5.97 Å². The van der Waals surface area contributed by atoms with E-state index in [0.29, 0.717) is 13.0 Å². The monoisotopic (exact) mass is 251 g/mol. The Balaban J connectivity index is 1.85. The van der Waals surface area contributed by atoms with Gasteiger partial charge < -0.3 is 19.9 Å². The van der Waals surface area contributed by atoms with Gasteiger partial charge in [-0.25, -0.2) is 0 Å². The van der Waals surface area contributed by atoms with Crippen LogP contribution in [0.4, 0.5) is 0 Å². The van der Waals surface area contributed by atoms with Gasteiger partial charge in [0.05, 0.1) is 0 Å². The van der Waals surface area contributed by atoms with Crippen LogP contribution in [-0.2, 0) is 4.79 Å². The third kappa shape index (κ3) is 3.13. The SMILES string of the molecule is CC(NCCCC(=O)O)c1ccc2c(c1)OCO2. The molecule has 18 heavy (non-hydrogen) atoms. The van der Waals surface area contributed by atoms with Crippen molar-refractivity contribution in [3.63, 3.8) is 0 Å². The molecule has 2 N–H and O–H groups in total. The second-order valence-electron chi connectivity index (χ2n) is 4.29. The van der Waals surface area contributed by atoms with Gasteiger partial charge in [0.2, 0.25) is 6.79 Å². The molecule has 2 rings (SSSR count). The van der Waals surface area contributed by atoms with Crippen LogP contribution in [0, 0.1) is 0 Å². The summed E-state index contributed by atoms with van der Waals surface area (Å²) >= 11 is 0. The van der Waals surface area contributed by atoms with E-state index in [4.69, 9.17) is 14.6 Å². The van der Waals surface area contributed by atoms with Gasteiger partial charge in [-0.2, -0.15) is 0 Å². The Morgan fingerprint density at radius 3 is 3.00 bits per heavy atom. The van der Waals surface area contributed by atoms with E-state index in [2.05, 4.69) is 5.32 Å². The standard InChI is InChI=1S/C13H17NO4/c1-9(14-6-2-3-13(15)16)10-4-5-11-12(7-10)18-8-17-11/h4-5,7,9,14H,2-3,6,8H2,1H3,(H,15,16). The molecule has 5 nitrogen and oxygen atoms in total. The van der Waals surface area contributed by atoms with Crippen molar-refractivity contribution in [2.75, 3.05) is 13.3 Å². The van der Waals surface area contributed by atoms with Crippen LogP contribution in [0.2, 0.25) is 0 Å². The predicted octanol–water partition coefficient (Wildman–Crippen LogP) is 1.93. The smallest absolute Gasteiger partial charge is 0.303 e. The molecule has 0 aromatic heterocycles. The van der Waals surface area contributed by atoms with E-state index in [-0.39, 0.29) is 19.3 Å². The Hall–Kier alpha value is -1.75. The minimum atomic E-state index is -0.757. The molecular formula is C13H17NO4. The Bertz CT molecular complexity index is 433. The number of carboxylic acids is 1. The number of aliphatic carboxylic acids is 1. The summed E-state index contributed by atoms with van der Waals surface area (Å²) in [6.45, 7) is 3.00. The molecule has 1 heterocycles. The van der Waals surface area contributed by atoms with Crippen molar-refractivity contribution in [1.29, 1.82) is 0 Å². The summed E-state index contributed by atoms with van der Waals surface area (Å²) in [5.74, 6) is 0.788. The molecule has 1 atom stereocenters. The maximum Gasteiger partial charge on any atom is 0.303 e. The van der Waals surface area contributed by atoms with E-state index in [1.807, 2.05) is 25.1 Å². The number of ether oxygens (including phenoxy) is 2. The molecule has 98 valence electrons. The van der Waals surface area contributed by atoms with Gasteiger partial charge in [-0.15, -0.1) is 0 Å². The Labute approximate surface area is 106 Å². The first-order valence-electron chi connectivity index (χ1n) is 6.01. The minimum absolute atomic E-state index is 0.160. The fraction of sp³-hybridized carbons (Fsp3) is 0.462. The lowest BCUT2D eigenvalue weighted by Gasteiger charge is -2.14. The summed E-state index contributed by atoms with van der Waals surface area (Å²) in [5.41, 5.74) is 1.11. The highest BCUT2D eigenvalue weighted by Crippen LogP contribution is 2.34. The highest BCUT2D eigenvalue weighted by Gasteiger charge is 2.15. The zero-order valence-corrected chi connectivity index (χ0v) is 10.3. The molecule has 1 aromatic rings. The average Bonchev–Trinajstić information content (AvgIpc) is 2.81. The molecule has 1 aliphatic rings. The summed E-state index contributed by atoms with van der Waals surface area (Å²) in [6.07, 6.45) is 0.824. The predicted molar refractivity (Wildman–Crippen MR) is 65.9 cm³/mol. The summed E-state index contributed by atoms with van der Waals surface area (Å²) in [4.78, 5) is 10.4. The fourth-order valence-corrected chi connectivity index (χ4v) is 1.86. The van der Waals surface area contributed by atoms with Crippen LogP contribution in [0.1, 0.15) is 31.4 Å². The van der Waals surface area contributed by atoms with Crippen molar-refractivity contribution in [3.8, 4) is 11.5 Å². The highest BCUT2D eigenvalue weighted by molar-refractivity contribution is 5.66. The normalized spacial score (nSPS) is 14.5. The second kappa shape index (κ2) is 5.73. The van der Waals surface area contributed by atoms with Gasteiger partial charge in [-0.3, -0.25) is 4.79 Å². The van der Waals surface area contributed by atoms with E-state index >= 15 is 0 Å². The van der Waals surface area contributed by atoms with Crippen LogP contribution in [0.5, 0.6) is 11.5 Å². The topological polar surface area (TPSA) is 67.8 Å². The second-order valence-corrected chi connectivity index (χ2v) is 4.29. The molecule has 1 aromatic carbocycles. The summed E-state index contributed by atoms with van der Waals surface area (Å²) in [7, 11) is 0. The Morgan fingerprint density at radius 1 is 1.44 bits per heavy atom. The van der Waals surface area contributed by atoms with Crippen molar-refractivity contribution in [2.24, 2.45) is 0 Å². The number of fused-ring (bicyclic) bond motifs is 1. The molecule has 1 unspecified atom stereocenters. The number of hydrogen-bond acceptors (Lipinski definition) is 4. The first-order valence-corrected chi connectivity index (χ1v) is 6.01. The van der Waals surface area contributed by atoms with Gasteiger partial charge in [0.15, 0.2) is 11.5 Å². The van der Waals surface area contributed by atoms with Crippen LogP contribution in [0.15, 0.2) is 18.2 Å². The highest BCUT2D eigenvalue weighted by atomic mass is 16.7. The van der Waals surface area contributed by atoms with Gasteiger partial charge in [-0.05, 0) is 37.6 Å². The van der Waals surface area contributed by atoms with Gasteiger partial charge in [0.25, 0.3) is 0 Å². The summed E-state index contributed by atoms with van der Waals surface area (Å²) in [5, 5.41) is 11.8. The average molecular weight is 251 g/mol. The number of nitrogens with one attached hydrogen (secondary N) is 1. The third-order valence-corrected chi connectivity index (χ3v) is 2.91. The summed E-state index contributed by atoms with van der Waals surface area (Å²) < 4.78 is 10.6. The minimum Gasteiger partial charge on any atom is -0.481 e. The molecule has 0 saturated heterocycles. The molecule has 5 heteroatoms. The van der Waals surface area contributed by atoms with Crippen LogP contribution >= 0.6 is 0 Å². The van der Waals surface area contributed by atoms with Crippen LogP contribution in [0.25, 0.3) is 0 Å². The zero-order valence-electron chi connectivity index (χ0n) is 10.3. The molecule has 0 fully saturated rings. The Morgan fingerprint density at radius 2 is 2.22 bits per heavy atom. The Kier molecular flexibility index (Phi) is 4.04. The van der Waals surface area contributed by atoms with Crippen LogP contribution < -0.4 is 14.8 Å². The van der Waals surface area contributed by atoms with Crippen molar-refractivity contribution in [3.05, 3.63) is 23.8 Å². The maximum atomic E-state index is 10.4. The molecule has 0 spiro atoms. The largest absolute Gasteiger partial charge is 0.481 e. The van der Waals surface area contributed by atoms with E-state index in [9.17, 15) is 4.79 Å². The van der Waals surface area contributed by atoms with Gasteiger partial charge in [0, 0.05) is 12.5 Å². The van der Waals surface area contributed by atoms with E-state index < -0.39 is 5.97 Å². The number of rotatable bonds is 6. The number of benzene rings is 1. The van der Waals surface area contributed by atoms with E-state index in [1.165, 1.54) is 0 Å². The molecule has 0 saturated carbocycles. The van der Waals surface area contributed by atoms with Crippen molar-refractivity contribution in [1.82, 2.24) is 5.32 Å². The fourth-order valence-electron chi connectivity index (χ4n) is 1.86. The maximum absolute atomic E-state index is 10.4. The quantitative estimate of drug-likeness (QED) is 0.756. The third-order valence-electron chi connectivity index (χ3n) is 2.91. The van der Waals surface area contributed by atoms with Crippen LogP contribution in [0.3, 0.4) is 0 Å². The lowest BCUT2D eigenvalue weighted by Crippen LogP contribution is -2.20. The van der Waals surface area contributed by atoms with E-state index in [1.54, 1.807) is 0 Å². The van der Waals surface area contributed by atoms with Crippen molar-refractivity contribution < 1.29 is 19.4 Å². The summed E-state index contributed by atoms with van der Waals surface area (Å²) in [6, 6.07) is 6.00. The molecular weight excluding hydrogens is 234 g/mol. The van der Waals surface area contributed by atoms with Crippen molar-refractivity contribution in [2.45, 2.75) is 25.8 Å².